The van der Waals surface area contributed by atoms with Gasteiger partial charge < -0.3 is 4.74 Å². The number of para-hydroxylation sites is 1. The Hall–Kier alpha value is -1.81. The molecule has 0 N–H and O–H groups in total. The number of hydrogen-bond acceptors (Lipinski definition) is 7. The number of carbonyl (C=O) groups excluding carboxylic acids is 1. The van der Waals surface area contributed by atoms with Crippen molar-refractivity contribution < 1.29 is 17.9 Å². The van der Waals surface area contributed by atoms with Crippen LogP contribution in [0.4, 0.5) is 0 Å². The minimum absolute atomic E-state index is 0.0418. The minimum atomic E-state index is -3.86. The molecule has 0 aliphatic carbocycles. The fourth-order valence-electron chi connectivity index (χ4n) is 2.33. The van der Waals surface area contributed by atoms with Crippen LogP contribution in [0.1, 0.15) is 27.6 Å². The molecule has 0 bridgehead atoms. The van der Waals surface area contributed by atoms with E-state index in [9.17, 15) is 13.2 Å². The lowest BCUT2D eigenvalue weighted by Gasteiger charge is -2.22. The number of aromatic nitrogens is 1. The molecular formula is C16H16N2O4S3. The number of thiazole rings is 1. The van der Waals surface area contributed by atoms with Gasteiger partial charge in [0.2, 0.25) is 10.0 Å². The normalized spacial score (nSPS) is 13.3. The Labute approximate surface area is 153 Å². The largest absolute Gasteiger partial charge is 0.465 e. The fourth-order valence-corrected chi connectivity index (χ4v) is 6.09. The summed E-state index contributed by atoms with van der Waals surface area (Å²) in [5.74, 6) is -0.658. The average molecular weight is 397 g/mol. The first-order valence-electron chi connectivity index (χ1n) is 7.35. The SMILES string of the molecule is COC(=O)c1sccc1S(=O)(=O)N(C)C(C)c1nc2ccccc2s1. The van der Waals surface area contributed by atoms with Crippen LogP contribution in [0.25, 0.3) is 10.2 Å². The van der Waals surface area contributed by atoms with Gasteiger partial charge in [0.1, 0.15) is 14.8 Å². The van der Waals surface area contributed by atoms with E-state index in [0.717, 1.165) is 21.6 Å². The number of nitrogens with zero attached hydrogens (tertiary/aromatic N) is 2. The van der Waals surface area contributed by atoms with E-state index in [0.29, 0.717) is 5.01 Å². The van der Waals surface area contributed by atoms with E-state index >= 15 is 0 Å². The first kappa shape index (κ1) is 18.0. The molecule has 9 heteroatoms. The Kier molecular flexibility index (Phi) is 4.92. The monoisotopic (exact) mass is 396 g/mol. The van der Waals surface area contributed by atoms with Crippen LogP contribution >= 0.6 is 22.7 Å². The molecule has 0 saturated carbocycles. The van der Waals surface area contributed by atoms with Gasteiger partial charge in [0, 0.05) is 7.05 Å². The van der Waals surface area contributed by atoms with Crippen molar-refractivity contribution in [3.63, 3.8) is 0 Å². The number of thiophene rings is 1. The molecule has 0 aliphatic rings. The highest BCUT2D eigenvalue weighted by molar-refractivity contribution is 7.89. The summed E-state index contributed by atoms with van der Waals surface area (Å²) in [5, 5.41) is 2.26. The van der Waals surface area contributed by atoms with Crippen molar-refractivity contribution >= 4 is 48.9 Å². The van der Waals surface area contributed by atoms with Crippen molar-refractivity contribution in [1.82, 2.24) is 9.29 Å². The van der Waals surface area contributed by atoms with Gasteiger partial charge >= 0.3 is 5.97 Å². The highest BCUT2D eigenvalue weighted by Crippen LogP contribution is 2.33. The van der Waals surface area contributed by atoms with Gasteiger partial charge in [0.15, 0.2) is 0 Å². The number of fused-ring (bicyclic) bond motifs is 1. The molecule has 6 nitrogen and oxygen atoms in total. The molecule has 0 spiro atoms. The molecular weight excluding hydrogens is 380 g/mol. The summed E-state index contributed by atoms with van der Waals surface area (Å²) in [5.41, 5.74) is 0.839. The molecule has 0 aliphatic heterocycles. The van der Waals surface area contributed by atoms with Crippen LogP contribution in [0.5, 0.6) is 0 Å². The summed E-state index contributed by atoms with van der Waals surface area (Å²) in [6, 6.07) is 8.62. The molecule has 1 aromatic carbocycles. The van der Waals surface area contributed by atoms with E-state index in [-0.39, 0.29) is 9.77 Å². The predicted molar refractivity (Wildman–Crippen MR) is 98.6 cm³/mol. The maximum atomic E-state index is 13.0. The molecule has 1 atom stereocenters. The molecule has 25 heavy (non-hydrogen) atoms. The summed E-state index contributed by atoms with van der Waals surface area (Å²) in [4.78, 5) is 16.4. The number of carbonyl (C=O) groups is 1. The molecule has 0 fully saturated rings. The molecule has 0 saturated heterocycles. The third-order valence-corrected chi connectivity index (χ3v) is 8.07. The first-order valence-corrected chi connectivity index (χ1v) is 10.5. The molecule has 2 aromatic heterocycles. The number of hydrogen-bond donors (Lipinski definition) is 0. The van der Waals surface area contributed by atoms with Gasteiger partial charge in [-0.2, -0.15) is 4.31 Å². The smallest absolute Gasteiger partial charge is 0.349 e. The highest BCUT2D eigenvalue weighted by Gasteiger charge is 2.32. The van der Waals surface area contributed by atoms with E-state index < -0.39 is 22.0 Å². The van der Waals surface area contributed by atoms with E-state index in [4.69, 9.17) is 0 Å². The molecule has 3 aromatic rings. The molecule has 0 radical (unpaired) electrons. The second kappa shape index (κ2) is 6.83. The zero-order valence-electron chi connectivity index (χ0n) is 13.8. The summed E-state index contributed by atoms with van der Waals surface area (Å²) in [6.07, 6.45) is 0. The predicted octanol–water partition coefficient (Wildman–Crippen LogP) is 3.53. The van der Waals surface area contributed by atoms with Gasteiger partial charge in [-0.1, -0.05) is 12.1 Å². The third kappa shape index (κ3) is 3.20. The number of ether oxygens (including phenoxy) is 1. The molecule has 1 unspecified atom stereocenters. The van der Waals surface area contributed by atoms with Crippen LogP contribution in [0.15, 0.2) is 40.6 Å². The standard InChI is InChI=1S/C16H16N2O4S3/c1-10(15-17-11-6-4-5-7-12(11)24-15)18(2)25(20,21)13-8-9-23-14(13)16(19)22-3/h4-10H,1-3H3. The maximum absolute atomic E-state index is 13.0. The van der Waals surface area contributed by atoms with E-state index in [1.54, 1.807) is 12.3 Å². The van der Waals surface area contributed by atoms with Gasteiger partial charge in [-0.15, -0.1) is 22.7 Å². The van der Waals surface area contributed by atoms with Crippen molar-refractivity contribution in [2.75, 3.05) is 14.2 Å². The number of esters is 1. The lowest BCUT2D eigenvalue weighted by atomic mass is 10.3. The Bertz CT molecular complexity index is 990. The summed E-state index contributed by atoms with van der Waals surface area (Å²) in [6.45, 7) is 1.78. The van der Waals surface area contributed by atoms with Crippen LogP contribution in [0.3, 0.4) is 0 Å². The van der Waals surface area contributed by atoms with Crippen molar-refractivity contribution in [3.05, 3.63) is 45.6 Å². The Balaban J connectivity index is 1.97. The highest BCUT2D eigenvalue weighted by atomic mass is 32.2. The lowest BCUT2D eigenvalue weighted by molar-refractivity contribution is 0.0602. The molecule has 0 amide bonds. The Morgan fingerprint density at radius 2 is 2.00 bits per heavy atom. The zero-order valence-corrected chi connectivity index (χ0v) is 16.2. The second-order valence-corrected chi connectivity index (χ2v) is 9.27. The van der Waals surface area contributed by atoms with E-state index in [1.165, 1.54) is 35.9 Å². The van der Waals surface area contributed by atoms with Gasteiger partial charge in [0.05, 0.1) is 23.4 Å². The Morgan fingerprint density at radius 3 is 2.68 bits per heavy atom. The number of rotatable bonds is 5. The quantitative estimate of drug-likeness (QED) is 0.617. The van der Waals surface area contributed by atoms with E-state index in [2.05, 4.69) is 9.72 Å². The number of methoxy groups -OCH3 is 1. The topological polar surface area (TPSA) is 76.6 Å². The maximum Gasteiger partial charge on any atom is 0.349 e. The summed E-state index contributed by atoms with van der Waals surface area (Å²) < 4.78 is 32.8. The van der Waals surface area contributed by atoms with Crippen molar-refractivity contribution in [2.45, 2.75) is 17.9 Å². The fraction of sp³-hybridized carbons (Fsp3) is 0.250. The van der Waals surface area contributed by atoms with Crippen molar-refractivity contribution in [3.8, 4) is 0 Å². The minimum Gasteiger partial charge on any atom is -0.465 e. The molecule has 3 rings (SSSR count). The summed E-state index contributed by atoms with van der Waals surface area (Å²) in [7, 11) is -1.14. The second-order valence-electron chi connectivity index (χ2n) is 5.32. The zero-order chi connectivity index (χ0) is 18.2. The number of sulfonamides is 1. The number of benzene rings is 1. The van der Waals surface area contributed by atoms with Gasteiger partial charge in [-0.05, 0) is 30.5 Å². The van der Waals surface area contributed by atoms with E-state index in [1.807, 2.05) is 24.3 Å². The third-order valence-electron chi connectivity index (χ3n) is 3.87. The van der Waals surface area contributed by atoms with Crippen molar-refractivity contribution in [1.29, 1.82) is 0 Å². The van der Waals surface area contributed by atoms with Crippen LogP contribution in [0, 0.1) is 0 Å². The first-order chi connectivity index (χ1) is 11.9. The van der Waals surface area contributed by atoms with Crippen LogP contribution in [-0.4, -0.2) is 37.8 Å². The van der Waals surface area contributed by atoms with Gasteiger partial charge in [-0.25, -0.2) is 18.2 Å². The van der Waals surface area contributed by atoms with Gasteiger partial charge in [0.25, 0.3) is 0 Å². The average Bonchev–Trinajstić information content (AvgIpc) is 3.26. The lowest BCUT2D eigenvalue weighted by Crippen LogP contribution is -2.30. The molecule has 2 heterocycles. The van der Waals surface area contributed by atoms with Crippen LogP contribution in [0.2, 0.25) is 0 Å². The van der Waals surface area contributed by atoms with Crippen LogP contribution in [-0.2, 0) is 14.8 Å². The molecule has 132 valence electrons. The van der Waals surface area contributed by atoms with Crippen molar-refractivity contribution in [2.24, 2.45) is 0 Å². The van der Waals surface area contributed by atoms with Crippen LogP contribution < -0.4 is 0 Å². The Morgan fingerprint density at radius 1 is 1.28 bits per heavy atom. The van der Waals surface area contributed by atoms with Gasteiger partial charge in [-0.3, -0.25) is 0 Å². The summed E-state index contributed by atoms with van der Waals surface area (Å²) >= 11 is 2.50.